The molecule has 2 rings (SSSR count). The number of hydrogen-bond acceptors (Lipinski definition) is 3. The second-order valence-corrected chi connectivity index (χ2v) is 4.02. The van der Waals surface area contributed by atoms with Gasteiger partial charge in [0, 0.05) is 5.69 Å². The average Bonchev–Trinajstić information content (AvgIpc) is 2.40. The van der Waals surface area contributed by atoms with E-state index < -0.39 is 0 Å². The van der Waals surface area contributed by atoms with Gasteiger partial charge < -0.3 is 10.5 Å². The summed E-state index contributed by atoms with van der Waals surface area (Å²) in [6, 6.07) is 16.9. The quantitative estimate of drug-likeness (QED) is 0.661. The van der Waals surface area contributed by atoms with Crippen molar-refractivity contribution in [2.45, 2.75) is 13.0 Å². The number of nitrogens with two attached hydrogens (primary N) is 1. The van der Waals surface area contributed by atoms with Crippen LogP contribution in [-0.2, 0) is 22.6 Å². The number of benzene rings is 2. The SMILES string of the molecule is Nc1ccccc1CC(=O)OCc1ccccc1. The summed E-state index contributed by atoms with van der Waals surface area (Å²) in [5.74, 6) is -0.267. The van der Waals surface area contributed by atoms with Crippen LogP contribution in [0.1, 0.15) is 11.1 Å². The maximum absolute atomic E-state index is 11.7. The molecule has 2 N–H and O–H groups in total. The maximum Gasteiger partial charge on any atom is 0.310 e. The minimum absolute atomic E-state index is 0.208. The lowest BCUT2D eigenvalue weighted by molar-refractivity contribution is -0.144. The van der Waals surface area contributed by atoms with Gasteiger partial charge in [-0.3, -0.25) is 4.79 Å². The predicted octanol–water partition coefficient (Wildman–Crippen LogP) is 2.55. The molecule has 0 saturated carbocycles. The summed E-state index contributed by atoms with van der Waals surface area (Å²) in [5, 5.41) is 0. The lowest BCUT2D eigenvalue weighted by Crippen LogP contribution is -2.09. The highest BCUT2D eigenvalue weighted by Gasteiger charge is 2.07. The lowest BCUT2D eigenvalue weighted by atomic mass is 10.1. The number of carbonyl (C=O) groups is 1. The minimum atomic E-state index is -0.267. The van der Waals surface area contributed by atoms with Gasteiger partial charge in [0.05, 0.1) is 6.42 Å². The Bertz CT molecular complexity index is 523. The molecule has 0 bridgehead atoms. The molecule has 0 aliphatic rings. The Morgan fingerprint density at radius 2 is 1.67 bits per heavy atom. The standard InChI is InChI=1S/C15H15NO2/c16-14-9-5-4-8-13(14)10-15(17)18-11-12-6-2-1-3-7-12/h1-9H,10-11,16H2. The first-order chi connectivity index (χ1) is 8.75. The topological polar surface area (TPSA) is 52.3 Å². The molecule has 0 atom stereocenters. The zero-order chi connectivity index (χ0) is 12.8. The molecule has 2 aromatic rings. The highest BCUT2D eigenvalue weighted by molar-refractivity contribution is 5.74. The van der Waals surface area contributed by atoms with Gasteiger partial charge in [-0.1, -0.05) is 48.5 Å². The van der Waals surface area contributed by atoms with E-state index in [0.29, 0.717) is 12.3 Å². The molecule has 0 aliphatic heterocycles. The van der Waals surface area contributed by atoms with Crippen molar-refractivity contribution >= 4 is 11.7 Å². The summed E-state index contributed by atoms with van der Waals surface area (Å²) in [4.78, 5) is 11.7. The molecule has 0 amide bonds. The van der Waals surface area contributed by atoms with Crippen molar-refractivity contribution in [3.63, 3.8) is 0 Å². The Labute approximate surface area is 106 Å². The molecular weight excluding hydrogens is 226 g/mol. The number of esters is 1. The minimum Gasteiger partial charge on any atom is -0.461 e. The van der Waals surface area contributed by atoms with E-state index in [9.17, 15) is 4.79 Å². The first kappa shape index (κ1) is 12.2. The van der Waals surface area contributed by atoms with Crippen molar-refractivity contribution in [3.8, 4) is 0 Å². The highest BCUT2D eigenvalue weighted by atomic mass is 16.5. The number of para-hydroxylation sites is 1. The molecule has 92 valence electrons. The molecule has 18 heavy (non-hydrogen) atoms. The molecule has 0 heterocycles. The Morgan fingerprint density at radius 3 is 2.39 bits per heavy atom. The molecule has 3 nitrogen and oxygen atoms in total. The fourth-order valence-electron chi connectivity index (χ4n) is 1.64. The Kier molecular flexibility index (Phi) is 3.97. The van der Waals surface area contributed by atoms with Crippen molar-refractivity contribution in [1.82, 2.24) is 0 Å². The molecule has 0 aliphatic carbocycles. The van der Waals surface area contributed by atoms with E-state index in [-0.39, 0.29) is 12.4 Å². The molecular formula is C15H15NO2. The normalized spacial score (nSPS) is 10.0. The number of carbonyl (C=O) groups excluding carboxylic acids is 1. The van der Waals surface area contributed by atoms with Gasteiger partial charge in [-0.25, -0.2) is 0 Å². The van der Waals surface area contributed by atoms with Crippen molar-refractivity contribution in [1.29, 1.82) is 0 Å². The third kappa shape index (κ3) is 3.35. The van der Waals surface area contributed by atoms with E-state index in [1.165, 1.54) is 0 Å². The van der Waals surface area contributed by atoms with Gasteiger partial charge in [-0.15, -0.1) is 0 Å². The van der Waals surface area contributed by atoms with E-state index in [1.54, 1.807) is 6.07 Å². The zero-order valence-corrected chi connectivity index (χ0v) is 10.0. The fraction of sp³-hybridized carbons (Fsp3) is 0.133. The molecule has 2 aromatic carbocycles. The van der Waals surface area contributed by atoms with Gasteiger partial charge in [0.15, 0.2) is 0 Å². The molecule has 0 unspecified atom stereocenters. The van der Waals surface area contributed by atoms with Crippen molar-refractivity contribution in [3.05, 3.63) is 65.7 Å². The van der Waals surface area contributed by atoms with Crippen molar-refractivity contribution in [2.75, 3.05) is 5.73 Å². The fourth-order valence-corrected chi connectivity index (χ4v) is 1.64. The van der Waals surface area contributed by atoms with Crippen LogP contribution in [-0.4, -0.2) is 5.97 Å². The second-order valence-electron chi connectivity index (χ2n) is 4.02. The summed E-state index contributed by atoms with van der Waals surface area (Å²) < 4.78 is 5.19. The van der Waals surface area contributed by atoms with Crippen LogP contribution >= 0.6 is 0 Å². The maximum atomic E-state index is 11.7. The average molecular weight is 241 g/mol. The summed E-state index contributed by atoms with van der Waals surface area (Å²) in [5.41, 5.74) is 8.17. The summed E-state index contributed by atoms with van der Waals surface area (Å²) in [7, 11) is 0. The van der Waals surface area contributed by atoms with Crippen LogP contribution in [0.4, 0.5) is 5.69 Å². The molecule has 0 radical (unpaired) electrons. The van der Waals surface area contributed by atoms with E-state index in [4.69, 9.17) is 10.5 Å². The largest absolute Gasteiger partial charge is 0.461 e. The van der Waals surface area contributed by atoms with Crippen LogP contribution in [0.15, 0.2) is 54.6 Å². The number of anilines is 1. The second kappa shape index (κ2) is 5.87. The van der Waals surface area contributed by atoms with Gasteiger partial charge in [-0.05, 0) is 17.2 Å². The Balaban J connectivity index is 1.88. The van der Waals surface area contributed by atoms with E-state index in [2.05, 4.69) is 0 Å². The van der Waals surface area contributed by atoms with Gasteiger partial charge >= 0.3 is 5.97 Å². The zero-order valence-electron chi connectivity index (χ0n) is 10.0. The van der Waals surface area contributed by atoms with Crippen LogP contribution in [0.2, 0.25) is 0 Å². The molecule has 0 spiro atoms. The van der Waals surface area contributed by atoms with Gasteiger partial charge in [0.2, 0.25) is 0 Å². The van der Waals surface area contributed by atoms with Crippen LogP contribution in [0.25, 0.3) is 0 Å². The number of rotatable bonds is 4. The van der Waals surface area contributed by atoms with Crippen LogP contribution in [0.5, 0.6) is 0 Å². The predicted molar refractivity (Wildman–Crippen MR) is 70.8 cm³/mol. The van der Waals surface area contributed by atoms with Crippen molar-refractivity contribution < 1.29 is 9.53 Å². The Hall–Kier alpha value is -2.29. The smallest absolute Gasteiger partial charge is 0.310 e. The number of hydrogen-bond donors (Lipinski definition) is 1. The Morgan fingerprint density at radius 1 is 1.00 bits per heavy atom. The first-order valence-corrected chi connectivity index (χ1v) is 5.78. The molecule has 3 heteroatoms. The third-order valence-corrected chi connectivity index (χ3v) is 2.63. The van der Waals surface area contributed by atoms with E-state index in [1.807, 2.05) is 48.5 Å². The van der Waals surface area contributed by atoms with Gasteiger partial charge in [0.1, 0.15) is 6.61 Å². The van der Waals surface area contributed by atoms with Crippen molar-refractivity contribution in [2.24, 2.45) is 0 Å². The van der Waals surface area contributed by atoms with E-state index >= 15 is 0 Å². The lowest BCUT2D eigenvalue weighted by Gasteiger charge is -2.06. The van der Waals surface area contributed by atoms with E-state index in [0.717, 1.165) is 11.1 Å². The van der Waals surface area contributed by atoms with Gasteiger partial charge in [0.25, 0.3) is 0 Å². The number of ether oxygens (including phenoxy) is 1. The molecule has 0 fully saturated rings. The third-order valence-electron chi connectivity index (χ3n) is 2.63. The van der Waals surface area contributed by atoms with Gasteiger partial charge in [-0.2, -0.15) is 0 Å². The summed E-state index contributed by atoms with van der Waals surface area (Å²) >= 11 is 0. The first-order valence-electron chi connectivity index (χ1n) is 5.78. The van der Waals surface area contributed by atoms with Crippen LogP contribution in [0, 0.1) is 0 Å². The molecule has 0 aromatic heterocycles. The summed E-state index contributed by atoms with van der Waals surface area (Å²) in [6.07, 6.45) is 0.208. The van der Waals surface area contributed by atoms with Crippen LogP contribution in [0.3, 0.4) is 0 Å². The summed E-state index contributed by atoms with van der Waals surface area (Å²) in [6.45, 7) is 0.298. The molecule has 0 saturated heterocycles. The van der Waals surface area contributed by atoms with Crippen LogP contribution < -0.4 is 5.73 Å². The monoisotopic (exact) mass is 241 g/mol. The number of nitrogen functional groups attached to an aromatic ring is 1. The highest BCUT2D eigenvalue weighted by Crippen LogP contribution is 2.12.